The van der Waals surface area contributed by atoms with Crippen LogP contribution in [0.15, 0.2) is 72.4 Å². The summed E-state index contributed by atoms with van der Waals surface area (Å²) in [4.78, 5) is 12.0. The normalized spacial score (nSPS) is 11.4. The van der Waals surface area contributed by atoms with Gasteiger partial charge in [-0.05, 0) is 48.7 Å². The van der Waals surface area contributed by atoms with Crippen molar-refractivity contribution >= 4 is 40.8 Å². The number of hydrogen-bond donors (Lipinski definition) is 3. The maximum atomic E-state index is 13.4. The van der Waals surface area contributed by atoms with Crippen molar-refractivity contribution < 1.29 is 4.39 Å². The molecule has 0 spiro atoms. The molecule has 0 saturated carbocycles. The Morgan fingerprint density at radius 1 is 1.16 bits per heavy atom. The first-order valence-corrected chi connectivity index (χ1v) is 10.1. The standard InChI is InChI=1S/C23H25FN6.HI/c1-2-26-23(27-10-9-17-14-28-21-13-19(24)7-8-20(17)21)29-15-18-5-3-4-6-22(18)30-12-11-25-16-30;/h3-8,11-14,16,28H,2,9-10,15H2,1H3,(H2,26,27,29);1H. The molecule has 162 valence electrons. The van der Waals surface area contributed by atoms with Crippen molar-refractivity contribution in [2.24, 2.45) is 4.99 Å². The SMILES string of the molecule is CCNC(=NCc1ccccc1-n1ccnc1)NCCc1c[nH]c2cc(F)ccc12.I. The first-order valence-electron chi connectivity index (χ1n) is 10.1. The summed E-state index contributed by atoms with van der Waals surface area (Å²) in [5.74, 6) is 0.537. The van der Waals surface area contributed by atoms with E-state index < -0.39 is 0 Å². The number of aromatic amines is 1. The third kappa shape index (κ3) is 5.63. The van der Waals surface area contributed by atoms with Gasteiger partial charge in [0.1, 0.15) is 5.82 Å². The van der Waals surface area contributed by atoms with Crippen LogP contribution in [0.5, 0.6) is 0 Å². The largest absolute Gasteiger partial charge is 0.361 e. The molecule has 0 saturated heterocycles. The van der Waals surface area contributed by atoms with Crippen LogP contribution in [0.4, 0.5) is 4.39 Å². The molecule has 0 aliphatic carbocycles. The lowest BCUT2D eigenvalue weighted by Crippen LogP contribution is -2.38. The minimum Gasteiger partial charge on any atom is -0.361 e. The predicted octanol–water partition coefficient (Wildman–Crippen LogP) is 4.41. The minimum atomic E-state index is -0.230. The summed E-state index contributed by atoms with van der Waals surface area (Å²) < 4.78 is 15.4. The molecule has 0 amide bonds. The van der Waals surface area contributed by atoms with Crippen LogP contribution in [-0.2, 0) is 13.0 Å². The number of H-pyrrole nitrogens is 1. The molecule has 2 aromatic heterocycles. The fourth-order valence-electron chi connectivity index (χ4n) is 3.48. The fraction of sp³-hybridized carbons (Fsp3) is 0.217. The highest BCUT2D eigenvalue weighted by Gasteiger charge is 2.06. The molecule has 0 fully saturated rings. The smallest absolute Gasteiger partial charge is 0.191 e. The average molecular weight is 532 g/mol. The van der Waals surface area contributed by atoms with Crippen LogP contribution < -0.4 is 10.6 Å². The number of benzene rings is 2. The second kappa shape index (κ2) is 10.9. The van der Waals surface area contributed by atoms with E-state index in [2.05, 4.69) is 32.7 Å². The van der Waals surface area contributed by atoms with Gasteiger partial charge in [0, 0.05) is 42.6 Å². The molecule has 4 aromatic rings. The summed E-state index contributed by atoms with van der Waals surface area (Å²) in [6, 6.07) is 13.0. The van der Waals surface area contributed by atoms with Gasteiger partial charge in [0.15, 0.2) is 5.96 Å². The van der Waals surface area contributed by atoms with Crippen LogP contribution in [-0.4, -0.2) is 33.6 Å². The summed E-state index contributed by atoms with van der Waals surface area (Å²) in [5, 5.41) is 7.74. The van der Waals surface area contributed by atoms with Gasteiger partial charge in [0.2, 0.25) is 0 Å². The maximum absolute atomic E-state index is 13.4. The molecule has 2 aromatic carbocycles. The number of nitrogens with zero attached hydrogens (tertiary/aromatic N) is 3. The number of halogens is 2. The molecule has 3 N–H and O–H groups in total. The summed E-state index contributed by atoms with van der Waals surface area (Å²) >= 11 is 0. The van der Waals surface area contributed by atoms with E-state index in [0.29, 0.717) is 6.54 Å². The summed E-state index contributed by atoms with van der Waals surface area (Å²) in [5.41, 5.74) is 4.16. The van der Waals surface area contributed by atoms with E-state index in [-0.39, 0.29) is 29.8 Å². The van der Waals surface area contributed by atoms with E-state index in [1.54, 1.807) is 12.5 Å². The fourth-order valence-corrected chi connectivity index (χ4v) is 3.48. The van der Waals surface area contributed by atoms with E-state index in [1.165, 1.54) is 12.1 Å². The lowest BCUT2D eigenvalue weighted by Gasteiger charge is -2.12. The molecular formula is C23H26FIN6. The van der Waals surface area contributed by atoms with Gasteiger partial charge in [-0.25, -0.2) is 14.4 Å². The highest BCUT2D eigenvalue weighted by molar-refractivity contribution is 14.0. The molecule has 0 bridgehead atoms. The number of hydrogen-bond acceptors (Lipinski definition) is 2. The van der Waals surface area contributed by atoms with Crippen LogP contribution in [0.3, 0.4) is 0 Å². The topological polar surface area (TPSA) is 70.0 Å². The van der Waals surface area contributed by atoms with Crippen LogP contribution in [0.2, 0.25) is 0 Å². The first-order chi connectivity index (χ1) is 14.7. The number of imidazole rings is 1. The van der Waals surface area contributed by atoms with Crippen molar-refractivity contribution in [3.8, 4) is 5.69 Å². The lowest BCUT2D eigenvalue weighted by molar-refractivity contribution is 0.629. The number of guanidine groups is 1. The van der Waals surface area contributed by atoms with Gasteiger partial charge in [-0.15, -0.1) is 24.0 Å². The molecule has 8 heteroatoms. The number of nitrogens with one attached hydrogen (secondary N) is 3. The highest BCUT2D eigenvalue weighted by Crippen LogP contribution is 2.19. The zero-order valence-corrected chi connectivity index (χ0v) is 19.6. The quantitative estimate of drug-likeness (QED) is 0.188. The zero-order chi connectivity index (χ0) is 20.8. The molecule has 31 heavy (non-hydrogen) atoms. The van der Waals surface area contributed by atoms with E-state index in [9.17, 15) is 4.39 Å². The Labute approximate surface area is 198 Å². The third-order valence-corrected chi connectivity index (χ3v) is 4.94. The number of aliphatic imine (C=N–C) groups is 1. The Balaban J connectivity index is 0.00000272. The van der Waals surface area contributed by atoms with Crippen LogP contribution in [0.1, 0.15) is 18.1 Å². The second-order valence-electron chi connectivity index (χ2n) is 6.97. The first kappa shape index (κ1) is 22.8. The van der Waals surface area contributed by atoms with Crippen LogP contribution in [0, 0.1) is 5.82 Å². The molecule has 0 aliphatic rings. The van der Waals surface area contributed by atoms with E-state index in [1.807, 2.05) is 42.1 Å². The summed E-state index contributed by atoms with van der Waals surface area (Å²) in [6.45, 7) is 4.10. The van der Waals surface area contributed by atoms with Crippen LogP contribution >= 0.6 is 24.0 Å². The molecular weight excluding hydrogens is 506 g/mol. The Kier molecular flexibility index (Phi) is 8.05. The molecule has 2 heterocycles. The number of rotatable bonds is 7. The average Bonchev–Trinajstić information content (AvgIpc) is 3.42. The molecule has 0 radical (unpaired) electrons. The van der Waals surface area contributed by atoms with Gasteiger partial charge in [-0.2, -0.15) is 0 Å². The van der Waals surface area contributed by atoms with Gasteiger partial charge in [-0.1, -0.05) is 18.2 Å². The summed E-state index contributed by atoms with van der Waals surface area (Å²) in [7, 11) is 0. The third-order valence-electron chi connectivity index (χ3n) is 4.94. The van der Waals surface area contributed by atoms with Gasteiger partial charge < -0.3 is 20.2 Å². The number of fused-ring (bicyclic) bond motifs is 1. The Morgan fingerprint density at radius 3 is 2.84 bits per heavy atom. The molecule has 4 rings (SSSR count). The Hall–Kier alpha value is -2.88. The maximum Gasteiger partial charge on any atom is 0.191 e. The van der Waals surface area contributed by atoms with E-state index in [0.717, 1.165) is 53.2 Å². The van der Waals surface area contributed by atoms with Crippen molar-refractivity contribution in [2.45, 2.75) is 19.9 Å². The number of para-hydroxylation sites is 1. The molecule has 6 nitrogen and oxygen atoms in total. The zero-order valence-electron chi connectivity index (χ0n) is 17.3. The van der Waals surface area contributed by atoms with Gasteiger partial charge >= 0.3 is 0 Å². The predicted molar refractivity (Wildman–Crippen MR) is 134 cm³/mol. The van der Waals surface area contributed by atoms with Crippen LogP contribution in [0.25, 0.3) is 16.6 Å². The van der Waals surface area contributed by atoms with Crippen molar-refractivity contribution in [3.63, 3.8) is 0 Å². The second-order valence-corrected chi connectivity index (χ2v) is 6.97. The van der Waals surface area contributed by atoms with E-state index in [4.69, 9.17) is 4.99 Å². The van der Waals surface area contributed by atoms with Crippen molar-refractivity contribution in [1.82, 2.24) is 25.2 Å². The molecule has 0 aliphatic heterocycles. The van der Waals surface area contributed by atoms with E-state index >= 15 is 0 Å². The van der Waals surface area contributed by atoms with Gasteiger partial charge in [-0.3, -0.25) is 0 Å². The highest BCUT2D eigenvalue weighted by atomic mass is 127. The minimum absolute atomic E-state index is 0. The molecule has 0 unspecified atom stereocenters. The van der Waals surface area contributed by atoms with Crippen molar-refractivity contribution in [1.29, 1.82) is 0 Å². The Morgan fingerprint density at radius 2 is 2.03 bits per heavy atom. The molecule has 0 atom stereocenters. The Bertz CT molecular complexity index is 1140. The van der Waals surface area contributed by atoms with Crippen molar-refractivity contribution in [3.05, 3.63) is 84.3 Å². The van der Waals surface area contributed by atoms with Gasteiger partial charge in [0.05, 0.1) is 18.6 Å². The monoisotopic (exact) mass is 532 g/mol. The number of aromatic nitrogens is 3. The van der Waals surface area contributed by atoms with Crippen molar-refractivity contribution in [2.75, 3.05) is 13.1 Å². The summed E-state index contributed by atoms with van der Waals surface area (Å²) in [6.07, 6.45) is 8.24. The van der Waals surface area contributed by atoms with Gasteiger partial charge in [0.25, 0.3) is 0 Å². The lowest BCUT2D eigenvalue weighted by atomic mass is 10.1.